The van der Waals surface area contributed by atoms with E-state index in [0.717, 1.165) is 18.4 Å². The maximum atomic E-state index is 11.3. The fourth-order valence-corrected chi connectivity index (χ4v) is 3.08. The highest BCUT2D eigenvalue weighted by Crippen LogP contribution is 2.31. The van der Waals surface area contributed by atoms with Crippen molar-refractivity contribution < 1.29 is 23.6 Å². The summed E-state index contributed by atoms with van der Waals surface area (Å²) in [6.45, 7) is 6.69. The van der Waals surface area contributed by atoms with Crippen LogP contribution in [-0.4, -0.2) is 19.3 Å². The highest BCUT2D eigenvalue weighted by molar-refractivity contribution is 6.42. The fourth-order valence-electron chi connectivity index (χ4n) is 3.08. The highest BCUT2D eigenvalue weighted by atomic mass is 16.8. The molecule has 0 saturated carbocycles. The van der Waals surface area contributed by atoms with Crippen molar-refractivity contribution in [1.29, 1.82) is 0 Å². The molecule has 0 radical (unpaired) electrons. The van der Waals surface area contributed by atoms with Crippen LogP contribution in [0.4, 0.5) is 0 Å². The Balaban J connectivity index is 2.25. The van der Waals surface area contributed by atoms with Crippen LogP contribution >= 0.6 is 0 Å². The van der Waals surface area contributed by atoms with Gasteiger partial charge in [0.2, 0.25) is 0 Å². The lowest BCUT2D eigenvalue weighted by atomic mass is 9.98. The lowest BCUT2D eigenvalue weighted by molar-refractivity contribution is -0.139. The first-order valence-corrected chi connectivity index (χ1v) is 9.81. The van der Waals surface area contributed by atoms with E-state index in [9.17, 15) is 9.59 Å². The van der Waals surface area contributed by atoms with Gasteiger partial charge in [-0.15, -0.1) is 0 Å². The standard InChI is InChI=1S/C22H28BNO5/c1-5-11-21(24-16(2)19-12-7-6-8-13-19)20-14-9-10-15-22(20)29-23(27-17(3)25)28-18(4)26/h6-10,12-16,21,24H,5,11H2,1-4H3/t16-,21-/m1/s1. The zero-order chi connectivity index (χ0) is 21.2. The predicted octanol–water partition coefficient (Wildman–Crippen LogP) is 4.37. The summed E-state index contributed by atoms with van der Waals surface area (Å²) in [5.74, 6) is -0.712. The quantitative estimate of drug-likeness (QED) is 0.601. The number of nitrogens with one attached hydrogen (secondary N) is 1. The van der Waals surface area contributed by atoms with Crippen LogP contribution in [-0.2, 0) is 18.9 Å². The van der Waals surface area contributed by atoms with Crippen molar-refractivity contribution in [3.8, 4) is 5.75 Å². The third kappa shape index (κ3) is 7.27. The number of benzene rings is 2. The minimum Gasteiger partial charge on any atom is -0.489 e. The molecular formula is C22H28BNO5. The SMILES string of the molecule is CCC[C@@H](N[C@H](C)c1ccccc1)c1ccccc1OB(OC(C)=O)OC(C)=O. The molecule has 2 aromatic carbocycles. The number of para-hydroxylation sites is 1. The summed E-state index contributed by atoms with van der Waals surface area (Å²) in [4.78, 5) is 22.7. The van der Waals surface area contributed by atoms with Gasteiger partial charge < -0.3 is 19.3 Å². The third-order valence-electron chi connectivity index (χ3n) is 4.37. The van der Waals surface area contributed by atoms with Gasteiger partial charge in [0.1, 0.15) is 5.75 Å². The normalized spacial score (nSPS) is 12.6. The van der Waals surface area contributed by atoms with Crippen LogP contribution in [0.5, 0.6) is 5.75 Å². The van der Waals surface area contributed by atoms with Gasteiger partial charge in [0, 0.05) is 31.5 Å². The molecule has 0 heterocycles. The average Bonchev–Trinajstić information content (AvgIpc) is 2.67. The molecule has 2 atom stereocenters. The molecule has 29 heavy (non-hydrogen) atoms. The van der Waals surface area contributed by atoms with E-state index < -0.39 is 19.3 Å². The lowest BCUT2D eigenvalue weighted by Crippen LogP contribution is -2.35. The molecule has 7 heteroatoms. The molecule has 6 nitrogen and oxygen atoms in total. The molecule has 0 aliphatic heterocycles. The summed E-state index contributed by atoms with van der Waals surface area (Å²) in [7, 11) is -1.43. The van der Waals surface area contributed by atoms with Crippen LogP contribution in [0.2, 0.25) is 0 Å². The molecule has 0 unspecified atom stereocenters. The van der Waals surface area contributed by atoms with E-state index in [-0.39, 0.29) is 12.1 Å². The van der Waals surface area contributed by atoms with Crippen molar-refractivity contribution in [3.63, 3.8) is 0 Å². The van der Waals surface area contributed by atoms with Gasteiger partial charge in [-0.1, -0.05) is 61.9 Å². The van der Waals surface area contributed by atoms with Gasteiger partial charge in [-0.05, 0) is 25.0 Å². The second-order valence-corrected chi connectivity index (χ2v) is 6.80. The van der Waals surface area contributed by atoms with Gasteiger partial charge in [-0.2, -0.15) is 0 Å². The Morgan fingerprint density at radius 3 is 2.14 bits per heavy atom. The van der Waals surface area contributed by atoms with Crippen molar-refractivity contribution in [2.24, 2.45) is 0 Å². The Morgan fingerprint density at radius 1 is 0.966 bits per heavy atom. The first-order chi connectivity index (χ1) is 13.9. The van der Waals surface area contributed by atoms with Crippen molar-refractivity contribution in [1.82, 2.24) is 5.32 Å². The molecule has 0 amide bonds. The van der Waals surface area contributed by atoms with Gasteiger partial charge in [0.25, 0.3) is 11.9 Å². The molecule has 0 bridgehead atoms. The molecule has 154 valence electrons. The Morgan fingerprint density at radius 2 is 1.55 bits per heavy atom. The number of carbonyl (C=O) groups is 2. The summed E-state index contributed by atoms with van der Waals surface area (Å²) in [6.07, 6.45) is 1.84. The maximum Gasteiger partial charge on any atom is 0.868 e. The Kier molecular flexibility index (Phi) is 8.74. The third-order valence-corrected chi connectivity index (χ3v) is 4.37. The van der Waals surface area contributed by atoms with Crippen LogP contribution < -0.4 is 9.97 Å². The van der Waals surface area contributed by atoms with Crippen molar-refractivity contribution >= 4 is 19.3 Å². The Hall–Kier alpha value is -2.80. The van der Waals surface area contributed by atoms with Gasteiger partial charge in [-0.25, -0.2) is 0 Å². The molecule has 0 spiro atoms. The van der Waals surface area contributed by atoms with Crippen LogP contribution in [0.15, 0.2) is 54.6 Å². The number of rotatable bonds is 10. The molecule has 0 aromatic heterocycles. The number of carbonyl (C=O) groups excluding carboxylic acids is 2. The lowest BCUT2D eigenvalue weighted by Gasteiger charge is -2.26. The molecule has 0 saturated heterocycles. The molecule has 0 aliphatic rings. The summed E-state index contributed by atoms with van der Waals surface area (Å²) in [5.41, 5.74) is 2.09. The summed E-state index contributed by atoms with van der Waals surface area (Å²) in [5, 5.41) is 3.65. The van der Waals surface area contributed by atoms with E-state index in [1.165, 1.54) is 19.4 Å². The van der Waals surface area contributed by atoms with Crippen molar-refractivity contribution in [3.05, 3.63) is 65.7 Å². The maximum absolute atomic E-state index is 11.3. The zero-order valence-electron chi connectivity index (χ0n) is 17.4. The molecule has 0 aliphatic carbocycles. The molecule has 2 rings (SSSR count). The zero-order valence-corrected chi connectivity index (χ0v) is 17.4. The predicted molar refractivity (Wildman–Crippen MR) is 112 cm³/mol. The first-order valence-electron chi connectivity index (χ1n) is 9.81. The van der Waals surface area contributed by atoms with Crippen LogP contribution in [0.3, 0.4) is 0 Å². The molecule has 0 fully saturated rings. The Labute approximate surface area is 172 Å². The molecular weight excluding hydrogens is 369 g/mol. The van der Waals surface area contributed by atoms with Crippen molar-refractivity contribution in [2.75, 3.05) is 0 Å². The number of hydrogen-bond donors (Lipinski definition) is 1. The largest absolute Gasteiger partial charge is 0.868 e. The van der Waals surface area contributed by atoms with E-state index in [2.05, 4.69) is 31.3 Å². The van der Waals surface area contributed by atoms with E-state index in [1.807, 2.05) is 36.4 Å². The van der Waals surface area contributed by atoms with Gasteiger partial charge in [-0.3, -0.25) is 9.59 Å². The highest BCUT2D eigenvalue weighted by Gasteiger charge is 2.33. The summed E-state index contributed by atoms with van der Waals surface area (Å²) >= 11 is 0. The van der Waals surface area contributed by atoms with E-state index in [0.29, 0.717) is 5.75 Å². The minimum atomic E-state index is -1.43. The second kappa shape index (κ2) is 11.3. The smallest absolute Gasteiger partial charge is 0.489 e. The fraction of sp³-hybridized carbons (Fsp3) is 0.364. The monoisotopic (exact) mass is 397 g/mol. The van der Waals surface area contributed by atoms with Crippen LogP contribution in [0.1, 0.15) is 63.7 Å². The van der Waals surface area contributed by atoms with Gasteiger partial charge in [0.05, 0.1) is 0 Å². The van der Waals surface area contributed by atoms with Gasteiger partial charge in [0.15, 0.2) is 0 Å². The van der Waals surface area contributed by atoms with Crippen LogP contribution in [0, 0.1) is 0 Å². The summed E-state index contributed by atoms with van der Waals surface area (Å²) < 4.78 is 15.7. The first kappa shape index (κ1) is 22.5. The topological polar surface area (TPSA) is 73.9 Å². The summed E-state index contributed by atoms with van der Waals surface area (Å²) in [6, 6.07) is 17.8. The van der Waals surface area contributed by atoms with Gasteiger partial charge >= 0.3 is 7.32 Å². The minimum absolute atomic E-state index is 0.00159. The van der Waals surface area contributed by atoms with E-state index >= 15 is 0 Å². The average molecular weight is 397 g/mol. The van der Waals surface area contributed by atoms with E-state index in [1.54, 1.807) is 6.07 Å². The second-order valence-electron chi connectivity index (χ2n) is 6.80. The van der Waals surface area contributed by atoms with E-state index in [4.69, 9.17) is 14.0 Å². The van der Waals surface area contributed by atoms with Crippen LogP contribution in [0.25, 0.3) is 0 Å². The molecule has 2 aromatic rings. The number of hydrogen-bond acceptors (Lipinski definition) is 6. The van der Waals surface area contributed by atoms with Crippen molar-refractivity contribution in [2.45, 2.75) is 52.6 Å². The Bertz CT molecular complexity index is 783. The molecule has 1 N–H and O–H groups in total.